The smallest absolute Gasteiger partial charge is 0.119 e. The summed E-state index contributed by atoms with van der Waals surface area (Å²) in [5.41, 5.74) is 0.918. The summed E-state index contributed by atoms with van der Waals surface area (Å²) in [7, 11) is 1.71. The van der Waals surface area contributed by atoms with Gasteiger partial charge in [-0.05, 0) is 44.0 Å². The second-order valence-corrected chi connectivity index (χ2v) is 5.74. The van der Waals surface area contributed by atoms with Gasteiger partial charge in [0.1, 0.15) is 11.5 Å². The normalized spacial score (nSPS) is 20.0. The maximum Gasteiger partial charge on any atom is 0.119 e. The standard InChI is InChI=1S/C16H26N2O3/c1-12(13-8-15(19)10-16(20)9-13)18(6-7-21-2)11-14-4-3-5-17-14/h8-10,12,14,17,19-20H,3-7,11H2,1-2H3. The fourth-order valence-corrected chi connectivity index (χ4v) is 2.92. The molecule has 2 atom stereocenters. The number of phenolic OH excluding ortho intramolecular Hbond substituents is 2. The summed E-state index contributed by atoms with van der Waals surface area (Å²) in [6, 6.07) is 5.41. The van der Waals surface area contributed by atoms with Crippen molar-refractivity contribution in [1.29, 1.82) is 0 Å². The van der Waals surface area contributed by atoms with Crippen molar-refractivity contribution in [2.24, 2.45) is 0 Å². The van der Waals surface area contributed by atoms with Crippen molar-refractivity contribution in [2.75, 3.05) is 33.4 Å². The van der Waals surface area contributed by atoms with Crippen LogP contribution in [0, 0.1) is 0 Å². The predicted octanol–water partition coefficient (Wildman–Crippen LogP) is 1.86. The number of ether oxygens (including phenoxy) is 1. The average molecular weight is 294 g/mol. The van der Waals surface area contributed by atoms with Gasteiger partial charge in [-0.25, -0.2) is 0 Å². The lowest BCUT2D eigenvalue weighted by Crippen LogP contribution is -2.40. The molecule has 0 bridgehead atoms. The summed E-state index contributed by atoms with van der Waals surface area (Å²) in [5.74, 6) is 0.199. The van der Waals surface area contributed by atoms with Crippen molar-refractivity contribution in [3.63, 3.8) is 0 Å². The molecule has 21 heavy (non-hydrogen) atoms. The van der Waals surface area contributed by atoms with E-state index in [-0.39, 0.29) is 17.5 Å². The molecule has 2 rings (SSSR count). The first-order valence-corrected chi connectivity index (χ1v) is 7.59. The zero-order valence-electron chi connectivity index (χ0n) is 12.9. The average Bonchev–Trinajstić information content (AvgIpc) is 2.94. The maximum atomic E-state index is 9.67. The number of hydrogen-bond acceptors (Lipinski definition) is 5. The van der Waals surface area contributed by atoms with Gasteiger partial charge in [0.05, 0.1) is 6.61 Å². The molecular formula is C16H26N2O3. The Bertz CT molecular complexity index is 427. The van der Waals surface area contributed by atoms with Gasteiger partial charge in [-0.1, -0.05) is 0 Å². The fraction of sp³-hybridized carbons (Fsp3) is 0.625. The lowest BCUT2D eigenvalue weighted by atomic mass is 10.0. The van der Waals surface area contributed by atoms with Gasteiger partial charge < -0.3 is 20.3 Å². The van der Waals surface area contributed by atoms with E-state index in [0.717, 1.165) is 25.2 Å². The highest BCUT2D eigenvalue weighted by Gasteiger charge is 2.22. The van der Waals surface area contributed by atoms with Crippen LogP contribution in [0.5, 0.6) is 11.5 Å². The third kappa shape index (κ3) is 4.59. The van der Waals surface area contributed by atoms with Crippen LogP contribution in [-0.2, 0) is 4.74 Å². The molecule has 1 saturated heterocycles. The van der Waals surface area contributed by atoms with E-state index >= 15 is 0 Å². The number of rotatable bonds is 7. The zero-order chi connectivity index (χ0) is 15.2. The number of phenols is 2. The van der Waals surface area contributed by atoms with Crippen molar-refractivity contribution in [2.45, 2.75) is 31.8 Å². The van der Waals surface area contributed by atoms with Crippen LogP contribution >= 0.6 is 0 Å². The minimum absolute atomic E-state index is 0.0996. The molecule has 3 N–H and O–H groups in total. The van der Waals surface area contributed by atoms with Crippen molar-refractivity contribution in [3.05, 3.63) is 23.8 Å². The van der Waals surface area contributed by atoms with Crippen LogP contribution in [0.15, 0.2) is 18.2 Å². The van der Waals surface area contributed by atoms with Gasteiger partial charge >= 0.3 is 0 Å². The third-order valence-electron chi connectivity index (χ3n) is 4.15. The van der Waals surface area contributed by atoms with Gasteiger partial charge in [0.25, 0.3) is 0 Å². The van der Waals surface area contributed by atoms with E-state index in [0.29, 0.717) is 12.6 Å². The van der Waals surface area contributed by atoms with E-state index in [1.807, 2.05) is 0 Å². The number of benzene rings is 1. The lowest BCUT2D eigenvalue weighted by molar-refractivity contribution is 0.117. The predicted molar refractivity (Wildman–Crippen MR) is 82.7 cm³/mol. The van der Waals surface area contributed by atoms with Crippen LogP contribution in [0.4, 0.5) is 0 Å². The molecular weight excluding hydrogens is 268 g/mol. The van der Waals surface area contributed by atoms with E-state index in [2.05, 4.69) is 17.1 Å². The summed E-state index contributed by atoms with van der Waals surface area (Å²) in [4.78, 5) is 2.33. The van der Waals surface area contributed by atoms with E-state index < -0.39 is 0 Å². The van der Waals surface area contributed by atoms with Crippen LogP contribution in [0.1, 0.15) is 31.4 Å². The molecule has 1 fully saturated rings. The van der Waals surface area contributed by atoms with Crippen molar-refractivity contribution >= 4 is 0 Å². The Morgan fingerprint density at radius 2 is 2.05 bits per heavy atom. The van der Waals surface area contributed by atoms with Gasteiger partial charge in [-0.15, -0.1) is 0 Å². The van der Waals surface area contributed by atoms with Crippen molar-refractivity contribution in [3.8, 4) is 11.5 Å². The van der Waals surface area contributed by atoms with Crippen LogP contribution in [0.25, 0.3) is 0 Å². The van der Waals surface area contributed by atoms with Crippen LogP contribution in [0.2, 0.25) is 0 Å². The third-order valence-corrected chi connectivity index (χ3v) is 4.15. The Balaban J connectivity index is 2.09. The number of aromatic hydroxyl groups is 2. The van der Waals surface area contributed by atoms with Gasteiger partial charge in [0, 0.05) is 38.3 Å². The topological polar surface area (TPSA) is 65.0 Å². The molecule has 0 saturated carbocycles. The van der Waals surface area contributed by atoms with E-state index in [9.17, 15) is 10.2 Å². The summed E-state index contributed by atoms with van der Waals surface area (Å²) in [6.07, 6.45) is 2.42. The van der Waals surface area contributed by atoms with Gasteiger partial charge in [-0.3, -0.25) is 4.90 Å². The maximum absolute atomic E-state index is 9.67. The van der Waals surface area contributed by atoms with Crippen LogP contribution < -0.4 is 5.32 Å². The van der Waals surface area contributed by atoms with Gasteiger partial charge in [0.2, 0.25) is 0 Å². The minimum atomic E-state index is 0.0996. The van der Waals surface area contributed by atoms with E-state index in [4.69, 9.17) is 4.74 Å². The number of nitrogens with one attached hydrogen (secondary N) is 1. The van der Waals surface area contributed by atoms with Gasteiger partial charge in [0.15, 0.2) is 0 Å². The molecule has 1 aromatic carbocycles. The second kappa shape index (κ2) is 7.64. The molecule has 1 aromatic rings. The molecule has 1 aliphatic rings. The van der Waals surface area contributed by atoms with Crippen molar-refractivity contribution < 1.29 is 14.9 Å². The molecule has 0 aliphatic carbocycles. The van der Waals surface area contributed by atoms with E-state index in [1.54, 1.807) is 19.2 Å². The highest BCUT2D eigenvalue weighted by atomic mass is 16.5. The molecule has 5 heteroatoms. The van der Waals surface area contributed by atoms with Crippen LogP contribution in [0.3, 0.4) is 0 Å². The summed E-state index contributed by atoms with van der Waals surface area (Å²) in [6.45, 7) is 5.62. The monoisotopic (exact) mass is 294 g/mol. The molecule has 0 spiro atoms. The molecule has 1 aliphatic heterocycles. The Kier molecular flexibility index (Phi) is 5.85. The first kappa shape index (κ1) is 16.1. The highest BCUT2D eigenvalue weighted by Crippen LogP contribution is 2.28. The second-order valence-electron chi connectivity index (χ2n) is 5.74. The largest absolute Gasteiger partial charge is 0.508 e. The Labute approximate surface area is 126 Å². The number of methoxy groups -OCH3 is 1. The van der Waals surface area contributed by atoms with Gasteiger partial charge in [-0.2, -0.15) is 0 Å². The van der Waals surface area contributed by atoms with Crippen molar-refractivity contribution in [1.82, 2.24) is 10.2 Å². The van der Waals surface area contributed by atoms with E-state index in [1.165, 1.54) is 18.9 Å². The minimum Gasteiger partial charge on any atom is -0.508 e. The Morgan fingerprint density at radius 1 is 1.33 bits per heavy atom. The molecule has 0 aromatic heterocycles. The zero-order valence-corrected chi connectivity index (χ0v) is 12.9. The molecule has 1 heterocycles. The fourth-order valence-electron chi connectivity index (χ4n) is 2.92. The molecule has 2 unspecified atom stereocenters. The Hall–Kier alpha value is -1.30. The quantitative estimate of drug-likeness (QED) is 0.716. The molecule has 0 radical (unpaired) electrons. The molecule has 118 valence electrons. The molecule has 5 nitrogen and oxygen atoms in total. The summed E-state index contributed by atoms with van der Waals surface area (Å²) >= 11 is 0. The highest BCUT2D eigenvalue weighted by molar-refractivity contribution is 5.38. The summed E-state index contributed by atoms with van der Waals surface area (Å²) in [5, 5.41) is 22.8. The van der Waals surface area contributed by atoms with Crippen LogP contribution in [-0.4, -0.2) is 54.5 Å². The lowest BCUT2D eigenvalue weighted by Gasteiger charge is -2.31. The first-order chi connectivity index (χ1) is 10.1. The number of hydrogen-bond donors (Lipinski definition) is 3. The first-order valence-electron chi connectivity index (χ1n) is 7.59. The SMILES string of the molecule is COCCN(CC1CCCN1)C(C)c1cc(O)cc(O)c1. The number of nitrogens with zero attached hydrogens (tertiary/aromatic N) is 1. The molecule has 0 amide bonds. The summed E-state index contributed by atoms with van der Waals surface area (Å²) < 4.78 is 5.21. The Morgan fingerprint density at radius 3 is 2.62 bits per heavy atom.